The minimum absolute atomic E-state index is 0.364. The predicted octanol–water partition coefficient (Wildman–Crippen LogP) is 2.54. The lowest BCUT2D eigenvalue weighted by atomic mass is 10.0. The predicted molar refractivity (Wildman–Crippen MR) is 68.2 cm³/mol. The van der Waals surface area contributed by atoms with Gasteiger partial charge >= 0.3 is 0 Å². The average Bonchev–Trinajstić information content (AvgIpc) is 2.18. The van der Waals surface area contributed by atoms with Crippen molar-refractivity contribution in [2.75, 3.05) is 6.54 Å². The molecule has 2 unspecified atom stereocenters. The van der Waals surface area contributed by atoms with Crippen molar-refractivity contribution >= 4 is 11.8 Å². The van der Waals surface area contributed by atoms with Gasteiger partial charge in [-0.05, 0) is 26.2 Å². The molecular weight excluding hydrogens is 206 g/mol. The first kappa shape index (κ1) is 13.3. The van der Waals surface area contributed by atoms with Crippen LogP contribution in [-0.2, 0) is 0 Å². The standard InChI is InChI=1S/C12H25NOS/c1-10(8-12(2,14)9-13)15-11-6-4-3-5-7-11/h10-11,14H,3-9,13H2,1-2H3. The molecule has 0 amide bonds. The van der Waals surface area contributed by atoms with Crippen molar-refractivity contribution in [2.24, 2.45) is 5.73 Å². The molecule has 0 saturated heterocycles. The number of thioether (sulfide) groups is 1. The van der Waals surface area contributed by atoms with Gasteiger partial charge in [-0.2, -0.15) is 11.8 Å². The van der Waals surface area contributed by atoms with E-state index in [1.165, 1.54) is 32.1 Å². The number of hydrogen-bond acceptors (Lipinski definition) is 3. The van der Waals surface area contributed by atoms with Gasteiger partial charge in [-0.15, -0.1) is 0 Å². The van der Waals surface area contributed by atoms with E-state index in [0.29, 0.717) is 11.8 Å². The van der Waals surface area contributed by atoms with Crippen LogP contribution in [0.2, 0.25) is 0 Å². The van der Waals surface area contributed by atoms with Gasteiger partial charge in [0.1, 0.15) is 0 Å². The zero-order chi connectivity index (χ0) is 11.3. The van der Waals surface area contributed by atoms with E-state index in [1.807, 2.05) is 18.7 Å². The summed E-state index contributed by atoms with van der Waals surface area (Å²) in [7, 11) is 0. The maximum Gasteiger partial charge on any atom is 0.0751 e. The fraction of sp³-hybridized carbons (Fsp3) is 1.00. The van der Waals surface area contributed by atoms with E-state index in [4.69, 9.17) is 5.73 Å². The molecule has 0 aromatic heterocycles. The zero-order valence-electron chi connectivity index (χ0n) is 10.0. The van der Waals surface area contributed by atoms with Gasteiger partial charge in [0.15, 0.2) is 0 Å². The summed E-state index contributed by atoms with van der Waals surface area (Å²) in [5.41, 5.74) is 4.85. The first-order valence-corrected chi connectivity index (χ1v) is 7.06. The molecule has 1 aliphatic carbocycles. The summed E-state index contributed by atoms with van der Waals surface area (Å²) in [5, 5.41) is 11.2. The van der Waals surface area contributed by atoms with Crippen LogP contribution < -0.4 is 5.73 Å². The quantitative estimate of drug-likeness (QED) is 0.764. The van der Waals surface area contributed by atoms with Crippen molar-refractivity contribution in [2.45, 2.75) is 68.5 Å². The molecule has 3 N–H and O–H groups in total. The molecule has 0 aromatic carbocycles. The highest BCUT2D eigenvalue weighted by Crippen LogP contribution is 2.33. The minimum Gasteiger partial charge on any atom is -0.389 e. The molecule has 1 fully saturated rings. The number of hydrogen-bond donors (Lipinski definition) is 2. The van der Waals surface area contributed by atoms with Gasteiger partial charge in [-0.3, -0.25) is 0 Å². The third-order valence-electron chi connectivity index (χ3n) is 3.14. The lowest BCUT2D eigenvalue weighted by molar-refractivity contribution is 0.0607. The fourth-order valence-electron chi connectivity index (χ4n) is 2.28. The van der Waals surface area contributed by atoms with E-state index in [-0.39, 0.29) is 0 Å². The van der Waals surface area contributed by atoms with Crippen molar-refractivity contribution in [1.29, 1.82) is 0 Å². The van der Waals surface area contributed by atoms with Gasteiger partial charge in [-0.25, -0.2) is 0 Å². The Balaban J connectivity index is 2.25. The smallest absolute Gasteiger partial charge is 0.0751 e. The van der Waals surface area contributed by atoms with Gasteiger partial charge in [0.25, 0.3) is 0 Å². The summed E-state index contributed by atoms with van der Waals surface area (Å²) in [5.74, 6) is 0. The van der Waals surface area contributed by atoms with E-state index >= 15 is 0 Å². The van der Waals surface area contributed by atoms with Crippen molar-refractivity contribution in [3.63, 3.8) is 0 Å². The Labute approximate surface area is 98.0 Å². The molecule has 2 atom stereocenters. The normalized spacial score (nSPS) is 24.8. The maximum atomic E-state index is 9.88. The summed E-state index contributed by atoms with van der Waals surface area (Å²) < 4.78 is 0. The molecule has 0 radical (unpaired) electrons. The summed E-state index contributed by atoms with van der Waals surface area (Å²) in [4.78, 5) is 0. The van der Waals surface area contributed by atoms with E-state index in [9.17, 15) is 5.11 Å². The molecule has 0 heterocycles. The van der Waals surface area contributed by atoms with E-state index in [2.05, 4.69) is 6.92 Å². The molecule has 0 aliphatic heterocycles. The van der Waals surface area contributed by atoms with Crippen LogP contribution in [0.1, 0.15) is 52.4 Å². The molecule has 0 bridgehead atoms. The van der Waals surface area contributed by atoms with Crippen LogP contribution in [-0.4, -0.2) is 27.8 Å². The van der Waals surface area contributed by atoms with E-state index in [0.717, 1.165) is 11.7 Å². The lowest BCUT2D eigenvalue weighted by Gasteiger charge is -2.29. The van der Waals surface area contributed by atoms with Gasteiger partial charge in [0.05, 0.1) is 5.60 Å². The zero-order valence-corrected chi connectivity index (χ0v) is 10.9. The molecule has 1 aliphatic rings. The summed E-state index contributed by atoms with van der Waals surface area (Å²) in [6.45, 7) is 4.41. The fourth-order valence-corrected chi connectivity index (χ4v) is 4.00. The van der Waals surface area contributed by atoms with Gasteiger partial charge < -0.3 is 10.8 Å². The maximum absolute atomic E-state index is 9.88. The van der Waals surface area contributed by atoms with Gasteiger partial charge in [0, 0.05) is 17.0 Å². The van der Waals surface area contributed by atoms with Gasteiger partial charge in [0.2, 0.25) is 0 Å². The topological polar surface area (TPSA) is 46.2 Å². The second-order valence-electron chi connectivity index (χ2n) is 5.11. The van der Waals surface area contributed by atoms with Crippen LogP contribution in [0, 0.1) is 0 Å². The van der Waals surface area contributed by atoms with Gasteiger partial charge in [-0.1, -0.05) is 26.2 Å². The van der Waals surface area contributed by atoms with Crippen molar-refractivity contribution in [3.8, 4) is 0 Å². The van der Waals surface area contributed by atoms with Crippen molar-refractivity contribution in [1.82, 2.24) is 0 Å². The van der Waals surface area contributed by atoms with Crippen LogP contribution >= 0.6 is 11.8 Å². The van der Waals surface area contributed by atoms with Crippen LogP contribution in [0.15, 0.2) is 0 Å². The van der Waals surface area contributed by atoms with Crippen molar-refractivity contribution < 1.29 is 5.11 Å². The Morgan fingerprint density at radius 2 is 2.00 bits per heavy atom. The van der Waals surface area contributed by atoms with E-state index in [1.54, 1.807) is 0 Å². The lowest BCUT2D eigenvalue weighted by Crippen LogP contribution is -2.36. The second kappa shape index (κ2) is 6.12. The molecule has 2 nitrogen and oxygen atoms in total. The Morgan fingerprint density at radius 1 is 1.40 bits per heavy atom. The van der Waals surface area contributed by atoms with Crippen molar-refractivity contribution in [3.05, 3.63) is 0 Å². The number of nitrogens with two attached hydrogens (primary N) is 1. The van der Waals surface area contributed by atoms with Crippen LogP contribution in [0.5, 0.6) is 0 Å². The molecule has 0 aromatic rings. The minimum atomic E-state index is -0.679. The SMILES string of the molecule is CC(CC(C)(O)CN)SC1CCCCC1. The summed E-state index contributed by atoms with van der Waals surface area (Å²) in [6, 6.07) is 0. The Hall–Kier alpha value is 0.270. The van der Waals surface area contributed by atoms with Crippen LogP contribution in [0.25, 0.3) is 0 Å². The summed E-state index contributed by atoms with van der Waals surface area (Å²) in [6.07, 6.45) is 7.71. The largest absolute Gasteiger partial charge is 0.389 e. The average molecular weight is 231 g/mol. The highest BCUT2D eigenvalue weighted by molar-refractivity contribution is 8.00. The second-order valence-corrected chi connectivity index (χ2v) is 6.86. The van der Waals surface area contributed by atoms with Crippen LogP contribution in [0.3, 0.4) is 0 Å². The molecule has 0 spiro atoms. The Morgan fingerprint density at radius 3 is 2.53 bits per heavy atom. The highest BCUT2D eigenvalue weighted by Gasteiger charge is 2.24. The first-order valence-electron chi connectivity index (χ1n) is 6.11. The third-order valence-corrected chi connectivity index (χ3v) is 4.63. The molecular formula is C12H25NOS. The third kappa shape index (κ3) is 5.23. The molecule has 3 heteroatoms. The number of aliphatic hydroxyl groups is 1. The first-order chi connectivity index (χ1) is 7.03. The van der Waals surface area contributed by atoms with E-state index < -0.39 is 5.60 Å². The Kier molecular flexibility index (Phi) is 5.44. The van der Waals surface area contributed by atoms with Crippen LogP contribution in [0.4, 0.5) is 0 Å². The molecule has 1 saturated carbocycles. The monoisotopic (exact) mass is 231 g/mol. The molecule has 15 heavy (non-hydrogen) atoms. The Bertz CT molecular complexity index is 178. The summed E-state index contributed by atoms with van der Waals surface area (Å²) >= 11 is 2.05. The number of rotatable bonds is 5. The molecule has 1 rings (SSSR count). The highest BCUT2D eigenvalue weighted by atomic mass is 32.2. The molecule has 90 valence electrons.